The number of piperidine rings is 2. The van der Waals surface area contributed by atoms with Crippen LogP contribution in [0.2, 0.25) is 0 Å². The first-order valence-electron chi connectivity index (χ1n) is 16.2. The van der Waals surface area contributed by atoms with Gasteiger partial charge in [-0.3, -0.25) is 29.4 Å². The van der Waals surface area contributed by atoms with Gasteiger partial charge < -0.3 is 14.5 Å². The van der Waals surface area contributed by atoms with E-state index < -0.39 is 17.4 Å². The van der Waals surface area contributed by atoms with E-state index in [1.165, 1.54) is 6.42 Å². The van der Waals surface area contributed by atoms with E-state index in [4.69, 9.17) is 4.74 Å². The van der Waals surface area contributed by atoms with Gasteiger partial charge in [-0.05, 0) is 93.4 Å². The van der Waals surface area contributed by atoms with Gasteiger partial charge in [-0.25, -0.2) is 0 Å². The molecular formula is C33H41N5O5. The summed E-state index contributed by atoms with van der Waals surface area (Å²) in [5, 5.41) is 11.9. The van der Waals surface area contributed by atoms with Crippen molar-refractivity contribution in [1.29, 1.82) is 5.26 Å². The maximum absolute atomic E-state index is 13.1. The first-order chi connectivity index (χ1) is 20.8. The average molecular weight is 588 g/mol. The van der Waals surface area contributed by atoms with Crippen LogP contribution >= 0.6 is 0 Å². The molecule has 0 radical (unpaired) electrons. The number of likely N-dealkylation sites (tertiary alicyclic amines) is 2. The highest BCUT2D eigenvalue weighted by atomic mass is 16.5. The second-order valence-electron chi connectivity index (χ2n) is 13.6. The Bertz CT molecular complexity index is 1350. The van der Waals surface area contributed by atoms with Crippen molar-refractivity contribution >= 4 is 23.6 Å². The van der Waals surface area contributed by atoms with E-state index in [2.05, 4.69) is 16.3 Å². The lowest BCUT2D eigenvalue weighted by molar-refractivity contribution is -0.145. The zero-order chi connectivity index (χ0) is 29.7. The van der Waals surface area contributed by atoms with Crippen LogP contribution in [0.1, 0.15) is 86.6 Å². The molecule has 0 aromatic heterocycles. The summed E-state index contributed by atoms with van der Waals surface area (Å²) in [6, 6.07) is 7.72. The average Bonchev–Trinajstić information content (AvgIpc) is 3.28. The number of carbonyl (C=O) groups excluding carboxylic acids is 4. The number of fused-ring (bicyclic) bond motifs is 1. The minimum atomic E-state index is -0.739. The Morgan fingerprint density at radius 2 is 1.74 bits per heavy atom. The van der Waals surface area contributed by atoms with Gasteiger partial charge in [-0.1, -0.05) is 6.42 Å². The third-order valence-corrected chi connectivity index (χ3v) is 11.2. The monoisotopic (exact) mass is 587 g/mol. The van der Waals surface area contributed by atoms with Crippen LogP contribution in [0.15, 0.2) is 18.2 Å². The van der Waals surface area contributed by atoms with Crippen molar-refractivity contribution < 1.29 is 23.9 Å². The van der Waals surface area contributed by atoms with E-state index in [9.17, 15) is 24.4 Å². The molecule has 10 heteroatoms. The summed E-state index contributed by atoms with van der Waals surface area (Å²) in [6.45, 7) is 4.05. The summed E-state index contributed by atoms with van der Waals surface area (Å²) in [6.07, 6.45) is 9.63. The van der Waals surface area contributed by atoms with Gasteiger partial charge in [0, 0.05) is 50.7 Å². The molecule has 1 aromatic carbocycles. The Balaban J connectivity index is 0.930. The first kappa shape index (κ1) is 28.3. The molecule has 10 nitrogen and oxygen atoms in total. The smallest absolute Gasteiger partial charge is 0.255 e. The van der Waals surface area contributed by atoms with E-state index in [0.717, 1.165) is 88.9 Å². The molecule has 4 aliphatic heterocycles. The number of amides is 4. The molecule has 6 aliphatic rings. The number of hydrogen-bond donors (Lipinski definition) is 1. The van der Waals surface area contributed by atoms with Gasteiger partial charge in [0.25, 0.3) is 5.91 Å². The Hall–Kier alpha value is -3.45. The van der Waals surface area contributed by atoms with E-state index in [1.54, 1.807) is 4.90 Å². The molecule has 5 fully saturated rings. The lowest BCUT2D eigenvalue weighted by Gasteiger charge is -2.52. The predicted octanol–water partition coefficient (Wildman–Crippen LogP) is 3.00. The van der Waals surface area contributed by atoms with Crippen molar-refractivity contribution in [1.82, 2.24) is 20.0 Å². The quantitative estimate of drug-likeness (QED) is 0.508. The topological polar surface area (TPSA) is 123 Å². The van der Waals surface area contributed by atoms with Gasteiger partial charge in [-0.15, -0.1) is 0 Å². The van der Waals surface area contributed by atoms with Crippen molar-refractivity contribution in [3.05, 3.63) is 29.3 Å². The molecule has 1 unspecified atom stereocenters. The van der Waals surface area contributed by atoms with Crippen LogP contribution in [0.3, 0.4) is 0 Å². The Morgan fingerprint density at radius 3 is 2.44 bits per heavy atom. The second kappa shape index (κ2) is 11.2. The highest BCUT2D eigenvalue weighted by Gasteiger charge is 2.48. The molecule has 1 aromatic rings. The standard InChI is InChI=1S/C33H41N5O5/c34-20-33(12-3-13-33)32(42)36-14-10-21(11-15-36)23-17-37(18-23)26-4-1-2-5-28(26)43-24-6-7-25-22(16-24)19-38(31(25)41)27-8-9-29(39)35-30(27)40/h6-7,16,21,23,26-28H,1-5,8-15,17-19H2,(H,35,39,40)/t26-,27?,28-/m0/s1. The lowest BCUT2D eigenvalue weighted by Crippen LogP contribution is -2.60. The normalized spacial score (nSPS) is 29.7. The van der Waals surface area contributed by atoms with Crippen LogP contribution in [-0.4, -0.2) is 82.7 Å². The van der Waals surface area contributed by atoms with Gasteiger partial charge in [0.05, 0.1) is 6.07 Å². The minimum absolute atomic E-state index is 0.0664. The zero-order valence-electron chi connectivity index (χ0n) is 24.8. The van der Waals surface area contributed by atoms with Crippen molar-refractivity contribution in [3.63, 3.8) is 0 Å². The predicted molar refractivity (Wildman–Crippen MR) is 155 cm³/mol. The molecule has 0 bridgehead atoms. The highest BCUT2D eigenvalue weighted by Crippen LogP contribution is 2.43. The Morgan fingerprint density at radius 1 is 0.977 bits per heavy atom. The molecule has 1 N–H and O–H groups in total. The van der Waals surface area contributed by atoms with Crippen LogP contribution in [0, 0.1) is 28.6 Å². The molecule has 228 valence electrons. The third kappa shape index (κ3) is 5.09. The van der Waals surface area contributed by atoms with Crippen molar-refractivity contribution in [2.45, 2.75) is 95.4 Å². The SMILES string of the molecule is N#CC1(C(=O)N2CCC(C3CN([C@H]4CCCC[C@@H]4Oc4ccc5c(c4)CN(C4CCC(=O)NC4=O)C5=O)C3)CC2)CCC1. The van der Waals surface area contributed by atoms with Crippen LogP contribution < -0.4 is 10.1 Å². The van der Waals surface area contributed by atoms with E-state index in [0.29, 0.717) is 36.4 Å². The summed E-state index contributed by atoms with van der Waals surface area (Å²) in [4.78, 5) is 56.1. The van der Waals surface area contributed by atoms with Crippen molar-refractivity contribution in [2.75, 3.05) is 26.2 Å². The van der Waals surface area contributed by atoms with Gasteiger partial charge in [0.15, 0.2) is 0 Å². The molecular weight excluding hydrogens is 546 g/mol. The first-order valence-corrected chi connectivity index (χ1v) is 16.2. The zero-order valence-corrected chi connectivity index (χ0v) is 24.8. The van der Waals surface area contributed by atoms with Crippen LogP contribution in [0.5, 0.6) is 5.75 Å². The molecule has 7 rings (SSSR count). The molecule has 2 saturated carbocycles. The summed E-state index contributed by atoms with van der Waals surface area (Å²) in [5.74, 6) is 1.27. The van der Waals surface area contributed by atoms with Gasteiger partial charge in [-0.2, -0.15) is 5.26 Å². The fourth-order valence-electron chi connectivity index (χ4n) is 8.33. The summed E-state index contributed by atoms with van der Waals surface area (Å²) in [7, 11) is 0. The van der Waals surface area contributed by atoms with Crippen molar-refractivity contribution in [3.8, 4) is 11.8 Å². The number of benzene rings is 1. The van der Waals surface area contributed by atoms with Crippen molar-refractivity contribution in [2.24, 2.45) is 17.3 Å². The molecule has 4 heterocycles. The Kier molecular flexibility index (Phi) is 7.40. The Labute approximate surface area is 252 Å². The molecule has 3 saturated heterocycles. The number of ether oxygens (including phenoxy) is 1. The fourth-order valence-corrected chi connectivity index (χ4v) is 8.33. The summed E-state index contributed by atoms with van der Waals surface area (Å²) < 4.78 is 6.62. The molecule has 3 atom stereocenters. The summed E-state index contributed by atoms with van der Waals surface area (Å²) in [5.41, 5.74) is 0.731. The fraction of sp³-hybridized carbons (Fsp3) is 0.667. The molecule has 0 spiro atoms. The maximum atomic E-state index is 13.1. The molecule has 2 aliphatic carbocycles. The number of nitriles is 1. The van der Waals surface area contributed by atoms with Gasteiger partial charge >= 0.3 is 0 Å². The second-order valence-corrected chi connectivity index (χ2v) is 13.6. The molecule has 43 heavy (non-hydrogen) atoms. The van der Waals surface area contributed by atoms with E-state index in [-0.39, 0.29) is 30.2 Å². The third-order valence-electron chi connectivity index (χ3n) is 11.2. The van der Waals surface area contributed by atoms with Crippen LogP contribution in [0.25, 0.3) is 0 Å². The number of carbonyl (C=O) groups is 4. The number of imide groups is 1. The van der Waals surface area contributed by atoms with Crippen LogP contribution in [-0.2, 0) is 20.9 Å². The van der Waals surface area contributed by atoms with E-state index >= 15 is 0 Å². The maximum Gasteiger partial charge on any atom is 0.255 e. The number of nitrogens with one attached hydrogen (secondary N) is 1. The van der Waals surface area contributed by atoms with Gasteiger partial charge in [0.2, 0.25) is 17.7 Å². The lowest BCUT2D eigenvalue weighted by atomic mass is 9.68. The highest BCUT2D eigenvalue weighted by molar-refractivity contribution is 6.05. The largest absolute Gasteiger partial charge is 0.489 e. The summed E-state index contributed by atoms with van der Waals surface area (Å²) >= 11 is 0. The molecule has 4 amide bonds. The number of nitrogens with zero attached hydrogens (tertiary/aromatic N) is 4. The van der Waals surface area contributed by atoms with E-state index in [1.807, 2.05) is 23.1 Å². The number of rotatable bonds is 6. The van der Waals surface area contributed by atoms with Crippen LogP contribution in [0.4, 0.5) is 0 Å². The number of hydrogen-bond acceptors (Lipinski definition) is 7. The van der Waals surface area contributed by atoms with Gasteiger partial charge in [0.1, 0.15) is 23.3 Å². The minimum Gasteiger partial charge on any atom is -0.489 e.